The fourth-order valence-electron chi connectivity index (χ4n) is 2.28. The van der Waals surface area contributed by atoms with Crippen molar-refractivity contribution in [2.45, 2.75) is 17.4 Å². The van der Waals surface area contributed by atoms with Gasteiger partial charge in [-0.05, 0) is 18.6 Å². The van der Waals surface area contributed by atoms with Crippen molar-refractivity contribution >= 4 is 19.9 Å². The van der Waals surface area contributed by atoms with Gasteiger partial charge in [0.2, 0.25) is 10.0 Å². The van der Waals surface area contributed by atoms with Crippen molar-refractivity contribution in [3.8, 4) is 12.3 Å². The van der Waals surface area contributed by atoms with Gasteiger partial charge in [-0.15, -0.1) is 6.42 Å². The fraction of sp³-hybridized carbons (Fsp3) is 0.385. The van der Waals surface area contributed by atoms with Gasteiger partial charge in [-0.3, -0.25) is 0 Å². The van der Waals surface area contributed by atoms with Gasteiger partial charge in [-0.25, -0.2) is 21.2 Å². The van der Waals surface area contributed by atoms with Crippen LogP contribution in [-0.4, -0.2) is 45.2 Å². The van der Waals surface area contributed by atoms with E-state index in [1.54, 1.807) is 0 Å². The van der Waals surface area contributed by atoms with Crippen molar-refractivity contribution in [3.05, 3.63) is 30.1 Å². The molecular formula is C13H14FNO4S2. The van der Waals surface area contributed by atoms with E-state index in [1.807, 2.05) is 0 Å². The molecule has 8 heteroatoms. The predicted molar refractivity (Wildman–Crippen MR) is 76.2 cm³/mol. The number of rotatable bonds is 4. The molecule has 0 aliphatic carbocycles. The van der Waals surface area contributed by atoms with Crippen LogP contribution in [0.2, 0.25) is 0 Å². The van der Waals surface area contributed by atoms with Crippen LogP contribution in [0.3, 0.4) is 0 Å². The van der Waals surface area contributed by atoms with Crippen LogP contribution in [0, 0.1) is 18.2 Å². The summed E-state index contributed by atoms with van der Waals surface area (Å²) in [6, 6.07) is 4.19. The van der Waals surface area contributed by atoms with Crippen molar-refractivity contribution in [2.24, 2.45) is 0 Å². The zero-order chi connectivity index (χ0) is 15.7. The summed E-state index contributed by atoms with van der Waals surface area (Å²) in [5.41, 5.74) is 0. The molecular weight excluding hydrogens is 317 g/mol. The third-order valence-corrected chi connectivity index (χ3v) is 6.97. The van der Waals surface area contributed by atoms with Gasteiger partial charge in [0.15, 0.2) is 9.84 Å². The Hall–Kier alpha value is -1.43. The van der Waals surface area contributed by atoms with Crippen LogP contribution in [0.1, 0.15) is 6.42 Å². The Balaban J connectivity index is 2.43. The number of nitrogens with zero attached hydrogens (tertiary/aromatic N) is 1. The summed E-state index contributed by atoms with van der Waals surface area (Å²) >= 11 is 0. The van der Waals surface area contributed by atoms with Gasteiger partial charge in [0, 0.05) is 6.04 Å². The Morgan fingerprint density at radius 3 is 2.57 bits per heavy atom. The normalized spacial score (nSPS) is 21.3. The van der Waals surface area contributed by atoms with E-state index in [0.717, 1.165) is 16.4 Å². The van der Waals surface area contributed by atoms with E-state index in [9.17, 15) is 21.2 Å². The zero-order valence-electron chi connectivity index (χ0n) is 11.1. The number of hydrogen-bond acceptors (Lipinski definition) is 4. The second-order valence-electron chi connectivity index (χ2n) is 4.74. The molecule has 1 unspecified atom stereocenters. The maximum Gasteiger partial charge on any atom is 0.247 e. The lowest BCUT2D eigenvalue weighted by Crippen LogP contribution is -2.41. The highest BCUT2D eigenvalue weighted by Gasteiger charge is 2.39. The first-order valence-electron chi connectivity index (χ1n) is 6.18. The third kappa shape index (κ3) is 3.26. The molecule has 0 spiro atoms. The zero-order valence-corrected chi connectivity index (χ0v) is 12.7. The van der Waals surface area contributed by atoms with E-state index in [0.29, 0.717) is 0 Å². The van der Waals surface area contributed by atoms with Crippen molar-refractivity contribution in [1.82, 2.24) is 4.31 Å². The molecule has 2 rings (SSSR count). The Kier molecular flexibility index (Phi) is 4.37. The van der Waals surface area contributed by atoms with E-state index < -0.39 is 36.6 Å². The first-order chi connectivity index (χ1) is 9.78. The maximum atomic E-state index is 13.7. The lowest BCUT2D eigenvalue weighted by molar-refractivity contribution is 0.369. The molecule has 1 aromatic carbocycles. The highest BCUT2D eigenvalue weighted by atomic mass is 32.2. The molecule has 1 aliphatic rings. The molecule has 0 saturated carbocycles. The topological polar surface area (TPSA) is 71.5 Å². The molecule has 5 nitrogen and oxygen atoms in total. The number of terminal acetylenes is 1. The highest BCUT2D eigenvalue weighted by Crippen LogP contribution is 2.26. The Morgan fingerprint density at radius 1 is 1.38 bits per heavy atom. The smallest absolute Gasteiger partial charge is 0.229 e. The average molecular weight is 331 g/mol. The SMILES string of the molecule is C#CCN(C1CCS(=O)(=O)C1)S(=O)(=O)c1ccccc1F. The van der Waals surface area contributed by atoms with Gasteiger partial charge < -0.3 is 0 Å². The monoisotopic (exact) mass is 331 g/mol. The molecule has 0 aromatic heterocycles. The summed E-state index contributed by atoms with van der Waals surface area (Å²) in [7, 11) is -7.46. The van der Waals surface area contributed by atoms with Crippen LogP contribution in [0.15, 0.2) is 29.2 Å². The summed E-state index contributed by atoms with van der Waals surface area (Å²) in [4.78, 5) is -0.496. The van der Waals surface area contributed by atoms with Crippen molar-refractivity contribution in [2.75, 3.05) is 18.1 Å². The quantitative estimate of drug-likeness (QED) is 0.759. The van der Waals surface area contributed by atoms with Crippen LogP contribution in [-0.2, 0) is 19.9 Å². The first kappa shape index (κ1) is 15.9. The van der Waals surface area contributed by atoms with Crippen LogP contribution in [0.25, 0.3) is 0 Å². The summed E-state index contributed by atoms with van der Waals surface area (Å²) in [6.07, 6.45) is 5.34. The largest absolute Gasteiger partial charge is 0.247 e. The molecule has 114 valence electrons. The summed E-state index contributed by atoms with van der Waals surface area (Å²) in [5, 5.41) is 0. The Bertz CT molecular complexity index is 781. The lowest BCUT2D eigenvalue weighted by atomic mass is 10.3. The summed E-state index contributed by atoms with van der Waals surface area (Å²) in [5.74, 6) is 0.927. The van der Waals surface area contributed by atoms with Gasteiger partial charge in [0.05, 0.1) is 18.1 Å². The fourth-order valence-corrected chi connectivity index (χ4v) is 5.74. The van der Waals surface area contributed by atoms with Crippen molar-refractivity contribution < 1.29 is 21.2 Å². The molecule has 0 bridgehead atoms. The number of benzene rings is 1. The molecule has 1 fully saturated rings. The first-order valence-corrected chi connectivity index (χ1v) is 9.44. The minimum atomic E-state index is -4.18. The molecule has 1 aliphatic heterocycles. The minimum absolute atomic E-state index is 0.0917. The Labute approximate surface area is 123 Å². The standard InChI is InChI=1S/C13H14FNO4S2/c1-2-8-15(11-7-9-20(16,17)10-11)21(18,19)13-6-4-3-5-12(13)14/h1,3-6,11H,7-10H2. The van der Waals surface area contributed by atoms with E-state index in [1.165, 1.54) is 12.1 Å². The van der Waals surface area contributed by atoms with Gasteiger partial charge in [0.1, 0.15) is 10.7 Å². The maximum absolute atomic E-state index is 13.7. The molecule has 0 amide bonds. The van der Waals surface area contributed by atoms with Crippen LogP contribution >= 0.6 is 0 Å². The van der Waals surface area contributed by atoms with Crippen molar-refractivity contribution in [3.63, 3.8) is 0 Å². The van der Waals surface area contributed by atoms with E-state index in [4.69, 9.17) is 6.42 Å². The van der Waals surface area contributed by atoms with Crippen LogP contribution < -0.4 is 0 Å². The number of sulfone groups is 1. The lowest BCUT2D eigenvalue weighted by Gasteiger charge is -2.25. The van der Waals surface area contributed by atoms with Gasteiger partial charge in [0.25, 0.3) is 0 Å². The Morgan fingerprint density at radius 2 is 2.05 bits per heavy atom. The van der Waals surface area contributed by atoms with Crippen LogP contribution in [0.5, 0.6) is 0 Å². The minimum Gasteiger partial charge on any atom is -0.229 e. The van der Waals surface area contributed by atoms with Crippen LogP contribution in [0.4, 0.5) is 4.39 Å². The van der Waals surface area contributed by atoms with Gasteiger partial charge in [-0.1, -0.05) is 18.1 Å². The van der Waals surface area contributed by atoms with E-state index in [2.05, 4.69) is 5.92 Å². The van der Waals surface area contributed by atoms with E-state index >= 15 is 0 Å². The molecule has 21 heavy (non-hydrogen) atoms. The van der Waals surface area contributed by atoms with Gasteiger partial charge in [-0.2, -0.15) is 4.31 Å². The summed E-state index contributed by atoms with van der Waals surface area (Å²) < 4.78 is 62.8. The van der Waals surface area contributed by atoms with E-state index in [-0.39, 0.29) is 24.5 Å². The summed E-state index contributed by atoms with van der Waals surface area (Å²) in [6.45, 7) is -0.295. The number of sulfonamides is 1. The molecule has 1 aromatic rings. The third-order valence-electron chi connectivity index (χ3n) is 3.29. The molecule has 0 radical (unpaired) electrons. The highest BCUT2D eigenvalue weighted by molar-refractivity contribution is 7.92. The molecule has 1 saturated heterocycles. The van der Waals surface area contributed by atoms with Crippen molar-refractivity contribution in [1.29, 1.82) is 0 Å². The number of halogens is 1. The van der Waals surface area contributed by atoms with Gasteiger partial charge >= 0.3 is 0 Å². The predicted octanol–water partition coefficient (Wildman–Crippen LogP) is 0.637. The number of hydrogen-bond donors (Lipinski definition) is 0. The molecule has 1 heterocycles. The second kappa shape index (κ2) is 5.75. The molecule has 1 atom stereocenters. The molecule has 0 N–H and O–H groups in total. The average Bonchev–Trinajstić information content (AvgIpc) is 2.76. The second-order valence-corrected chi connectivity index (χ2v) is 8.83.